The van der Waals surface area contributed by atoms with E-state index in [-0.39, 0.29) is 50.4 Å². The van der Waals surface area contributed by atoms with Crippen LogP contribution in [-0.2, 0) is 19.8 Å². The summed E-state index contributed by atoms with van der Waals surface area (Å²) in [5.41, 5.74) is 10.1. The van der Waals surface area contributed by atoms with Crippen LogP contribution in [0, 0.1) is 5.92 Å². The zero-order valence-electron chi connectivity index (χ0n) is 18.0. The van der Waals surface area contributed by atoms with Gasteiger partial charge in [0.2, 0.25) is 0 Å². The van der Waals surface area contributed by atoms with Crippen molar-refractivity contribution < 1.29 is 33.2 Å². The molecule has 14 heteroatoms. The molecule has 4 atom stereocenters. The molecule has 0 aromatic carbocycles. The van der Waals surface area contributed by atoms with Crippen molar-refractivity contribution in [1.29, 1.82) is 0 Å². The van der Waals surface area contributed by atoms with Gasteiger partial charge in [-0.05, 0) is 39.9 Å². The van der Waals surface area contributed by atoms with Gasteiger partial charge in [-0.25, -0.2) is 9.79 Å². The number of carbonyl (C=O) groups is 2. The minimum atomic E-state index is -4.00. The lowest BCUT2D eigenvalue weighted by Gasteiger charge is -2.31. The first-order valence-electron chi connectivity index (χ1n) is 10.2. The summed E-state index contributed by atoms with van der Waals surface area (Å²) in [6.07, 6.45) is 1.08. The maximum absolute atomic E-state index is 13.4. The van der Waals surface area contributed by atoms with Crippen LogP contribution in [0.25, 0.3) is 0 Å². The molecular weight excluding hydrogens is 429 g/mol. The molecule has 1 amide bonds. The van der Waals surface area contributed by atoms with Crippen molar-refractivity contribution in [3.8, 4) is 0 Å². The number of rotatable bonds is 10. The predicted molar refractivity (Wildman–Crippen MR) is 114 cm³/mol. The molecule has 1 saturated heterocycles. The van der Waals surface area contributed by atoms with Gasteiger partial charge in [0.1, 0.15) is 11.3 Å². The van der Waals surface area contributed by atoms with Gasteiger partial charge in [-0.15, -0.1) is 0 Å². The van der Waals surface area contributed by atoms with Crippen molar-refractivity contribution in [3.63, 3.8) is 0 Å². The molecule has 2 rings (SSSR count). The van der Waals surface area contributed by atoms with Crippen molar-refractivity contribution in [2.24, 2.45) is 22.4 Å². The largest absolute Gasteiger partial charge is 0.477 e. The van der Waals surface area contributed by atoms with E-state index >= 15 is 0 Å². The summed E-state index contributed by atoms with van der Waals surface area (Å²) in [7, 11) is -5.54. The summed E-state index contributed by atoms with van der Waals surface area (Å²) in [6, 6.07) is -0.945. The average Bonchev–Trinajstić information content (AvgIpc) is 3.21. The van der Waals surface area contributed by atoms with Gasteiger partial charge < -0.3 is 26.6 Å². The molecule has 2 aliphatic rings. The normalized spacial score (nSPS) is 29.6. The third kappa shape index (κ3) is 5.69. The monoisotopic (exact) mass is 461 g/mol. The number of amides is 1. The second-order valence-electron chi connectivity index (χ2n) is 8.65. The molecule has 0 unspecified atom stereocenters. The van der Waals surface area contributed by atoms with Crippen LogP contribution in [0.4, 0.5) is 0 Å². The Labute approximate surface area is 182 Å². The number of carboxylic acids is 1. The average molecular weight is 461 g/mol. The van der Waals surface area contributed by atoms with Gasteiger partial charge in [-0.3, -0.25) is 4.79 Å². The maximum Gasteiger partial charge on any atom is 0.451 e. The van der Waals surface area contributed by atoms with E-state index in [4.69, 9.17) is 26.6 Å². The molecule has 31 heavy (non-hydrogen) atoms. The molecule has 0 spiro atoms. The maximum atomic E-state index is 13.4. The Morgan fingerprint density at radius 3 is 2.39 bits per heavy atom. The molecular formula is C17H32BN5O7S. The van der Waals surface area contributed by atoms with Crippen LogP contribution in [0.3, 0.4) is 0 Å². The SMILES string of the molecule is CC(=NC(=O)[C@]1(N)CN(S(=O)(=O)N(C(C)C)[C@@H]2C[C@H]2N)C[C@@H]1CCCB(O)O)C(=O)O. The summed E-state index contributed by atoms with van der Waals surface area (Å²) >= 11 is 0. The number of carboxylic acid groups (broad SMARTS) is 1. The first kappa shape index (κ1) is 25.8. The highest BCUT2D eigenvalue weighted by atomic mass is 32.2. The van der Waals surface area contributed by atoms with E-state index < -0.39 is 46.4 Å². The Kier molecular flexibility index (Phi) is 8.01. The van der Waals surface area contributed by atoms with Gasteiger partial charge in [0.15, 0.2) is 0 Å². The molecule has 0 bridgehead atoms. The third-order valence-corrected chi connectivity index (χ3v) is 7.97. The van der Waals surface area contributed by atoms with Crippen molar-refractivity contribution in [2.45, 2.75) is 70.0 Å². The third-order valence-electron chi connectivity index (χ3n) is 5.82. The molecule has 0 radical (unpaired) electrons. The second kappa shape index (κ2) is 9.61. The fraction of sp³-hybridized carbons (Fsp3) is 0.824. The van der Waals surface area contributed by atoms with Crippen LogP contribution in [0.15, 0.2) is 4.99 Å². The highest BCUT2D eigenvalue weighted by Gasteiger charge is 2.55. The molecule has 0 aromatic rings. The summed E-state index contributed by atoms with van der Waals surface area (Å²) in [5, 5.41) is 27.2. The minimum Gasteiger partial charge on any atom is -0.477 e. The fourth-order valence-electron chi connectivity index (χ4n) is 3.96. The van der Waals surface area contributed by atoms with Crippen LogP contribution < -0.4 is 11.5 Å². The van der Waals surface area contributed by atoms with Gasteiger partial charge in [0, 0.05) is 37.1 Å². The van der Waals surface area contributed by atoms with Crippen molar-refractivity contribution in [2.75, 3.05) is 13.1 Å². The van der Waals surface area contributed by atoms with E-state index in [1.807, 2.05) is 0 Å². The van der Waals surface area contributed by atoms with Gasteiger partial charge in [-0.1, -0.05) is 6.42 Å². The fourth-order valence-corrected chi connectivity index (χ4v) is 6.09. The minimum absolute atomic E-state index is 0.0278. The Balaban J connectivity index is 2.34. The lowest BCUT2D eigenvalue weighted by molar-refractivity contribution is -0.130. The first-order valence-corrected chi connectivity index (χ1v) is 11.6. The van der Waals surface area contributed by atoms with Crippen LogP contribution in [0.1, 0.15) is 40.0 Å². The molecule has 1 saturated carbocycles. The van der Waals surface area contributed by atoms with Gasteiger partial charge in [0.25, 0.3) is 16.1 Å². The van der Waals surface area contributed by atoms with Crippen LogP contribution in [0.5, 0.6) is 0 Å². The first-order chi connectivity index (χ1) is 14.2. The van der Waals surface area contributed by atoms with E-state index in [2.05, 4.69) is 4.99 Å². The summed E-state index contributed by atoms with van der Waals surface area (Å²) in [6.45, 7) is 4.19. The molecule has 1 aliphatic carbocycles. The molecule has 1 aliphatic heterocycles. The van der Waals surface area contributed by atoms with Crippen molar-refractivity contribution in [3.05, 3.63) is 0 Å². The highest BCUT2D eigenvalue weighted by molar-refractivity contribution is 7.86. The number of carbonyl (C=O) groups excluding carboxylic acids is 1. The molecule has 12 nitrogen and oxygen atoms in total. The lowest BCUT2D eigenvalue weighted by atomic mass is 9.78. The van der Waals surface area contributed by atoms with E-state index in [1.54, 1.807) is 13.8 Å². The smallest absolute Gasteiger partial charge is 0.451 e. The molecule has 7 N–H and O–H groups in total. The number of nitrogens with zero attached hydrogens (tertiary/aromatic N) is 3. The van der Waals surface area contributed by atoms with E-state index in [1.165, 1.54) is 4.31 Å². The van der Waals surface area contributed by atoms with E-state index in [0.29, 0.717) is 6.42 Å². The Morgan fingerprint density at radius 2 is 1.94 bits per heavy atom. The Morgan fingerprint density at radius 1 is 1.35 bits per heavy atom. The second-order valence-corrected chi connectivity index (χ2v) is 10.5. The topological polar surface area (TPSA) is 200 Å². The van der Waals surface area contributed by atoms with Crippen LogP contribution in [0.2, 0.25) is 6.32 Å². The highest BCUT2D eigenvalue weighted by Crippen LogP contribution is 2.37. The van der Waals surface area contributed by atoms with E-state index in [0.717, 1.165) is 11.2 Å². The van der Waals surface area contributed by atoms with Gasteiger partial charge in [-0.2, -0.15) is 17.0 Å². The zero-order chi connectivity index (χ0) is 23.7. The molecule has 1 heterocycles. The lowest BCUT2D eigenvalue weighted by Crippen LogP contribution is -2.56. The van der Waals surface area contributed by atoms with Crippen molar-refractivity contribution in [1.82, 2.24) is 8.61 Å². The summed E-state index contributed by atoms with van der Waals surface area (Å²) in [4.78, 5) is 27.5. The van der Waals surface area contributed by atoms with Gasteiger partial charge >= 0.3 is 13.1 Å². The quantitative estimate of drug-likeness (QED) is 0.180. The molecule has 2 fully saturated rings. The standard InChI is InChI=1S/C17H32BN5O7S/c1-10(2)23(14-7-13(14)19)31(29,30)22-8-12(5-4-6-18(27)28)17(20,9-22)16(26)21-11(3)15(24)25/h10,12-14,27-28H,4-9,19-20H2,1-3H3,(H,24,25)/t12-,13+,14+,17-/m0/s1. The number of aliphatic carboxylic acids is 1. The molecule has 176 valence electrons. The van der Waals surface area contributed by atoms with Crippen LogP contribution >= 0.6 is 0 Å². The molecule has 0 aromatic heterocycles. The van der Waals surface area contributed by atoms with Gasteiger partial charge in [0.05, 0.1) is 0 Å². The van der Waals surface area contributed by atoms with Crippen LogP contribution in [-0.4, -0.2) is 93.6 Å². The predicted octanol–water partition coefficient (Wildman–Crippen LogP) is -2.00. The summed E-state index contributed by atoms with van der Waals surface area (Å²) in [5.74, 6) is -2.98. The Hall–Kier alpha value is -1.42. The zero-order valence-corrected chi connectivity index (χ0v) is 18.8. The summed E-state index contributed by atoms with van der Waals surface area (Å²) < 4.78 is 29.2. The van der Waals surface area contributed by atoms with E-state index in [9.17, 15) is 18.0 Å². The number of hydrogen-bond donors (Lipinski definition) is 5. The van der Waals surface area contributed by atoms with Crippen molar-refractivity contribution >= 4 is 34.9 Å². The number of aliphatic imine (C=N–C) groups is 1. The number of nitrogens with two attached hydrogens (primary N) is 2. The number of hydrogen-bond acceptors (Lipinski definition) is 8. The Bertz CT molecular complexity index is 837.